The number of nitrogens with one attached hydrogen (secondary N) is 2. The minimum atomic E-state index is 0.735. The number of likely N-dealkylation sites (tertiary alicyclic amines) is 1. The molecule has 1 aromatic heterocycles. The molecule has 2 N–H and O–H groups in total. The van der Waals surface area contributed by atoms with Crippen LogP contribution in [0.25, 0.3) is 10.9 Å². The van der Waals surface area contributed by atoms with E-state index in [0.717, 1.165) is 19.1 Å². The Bertz CT molecular complexity index is 587. The van der Waals surface area contributed by atoms with E-state index < -0.39 is 0 Å². The Balaban J connectivity index is 1.81. The van der Waals surface area contributed by atoms with Gasteiger partial charge >= 0.3 is 0 Å². The standard InChI is InChI=1S/C18H27N3/c1-14-17(16-8-3-4-9-18(16)20-14)13-21-12-6-5-7-15(21)10-11-19-2/h3-4,8-9,15,19-20H,5-7,10-13H2,1-2H3. The maximum Gasteiger partial charge on any atom is 0.0459 e. The number of hydrogen-bond acceptors (Lipinski definition) is 2. The average Bonchev–Trinajstić information content (AvgIpc) is 2.82. The summed E-state index contributed by atoms with van der Waals surface area (Å²) in [5, 5.41) is 4.70. The Kier molecular flexibility index (Phi) is 4.61. The third kappa shape index (κ3) is 3.14. The Morgan fingerprint density at radius 3 is 3.00 bits per heavy atom. The van der Waals surface area contributed by atoms with Crippen LogP contribution >= 0.6 is 0 Å². The van der Waals surface area contributed by atoms with E-state index in [2.05, 4.69) is 53.4 Å². The molecule has 0 spiro atoms. The number of benzene rings is 1. The van der Waals surface area contributed by atoms with Crippen LogP contribution in [0.1, 0.15) is 36.9 Å². The zero-order valence-electron chi connectivity index (χ0n) is 13.3. The molecule has 21 heavy (non-hydrogen) atoms. The second-order valence-corrected chi connectivity index (χ2v) is 6.29. The van der Waals surface area contributed by atoms with Crippen LogP contribution < -0.4 is 5.32 Å². The van der Waals surface area contributed by atoms with Gasteiger partial charge in [0.1, 0.15) is 0 Å². The highest BCUT2D eigenvalue weighted by Crippen LogP contribution is 2.27. The predicted octanol–water partition coefficient (Wildman–Crippen LogP) is 3.44. The molecule has 0 amide bonds. The van der Waals surface area contributed by atoms with Crippen molar-refractivity contribution in [1.29, 1.82) is 0 Å². The summed E-state index contributed by atoms with van der Waals surface area (Å²) in [7, 11) is 2.05. The lowest BCUT2D eigenvalue weighted by Gasteiger charge is -2.36. The molecule has 114 valence electrons. The van der Waals surface area contributed by atoms with Gasteiger partial charge in [0.15, 0.2) is 0 Å². The molecule has 3 nitrogen and oxygen atoms in total. The summed E-state index contributed by atoms with van der Waals surface area (Å²) in [6.45, 7) is 5.66. The summed E-state index contributed by atoms with van der Waals surface area (Å²) in [6, 6.07) is 9.42. The number of aromatic nitrogens is 1. The van der Waals surface area contributed by atoms with E-state index in [-0.39, 0.29) is 0 Å². The van der Waals surface area contributed by atoms with Crippen molar-refractivity contribution in [1.82, 2.24) is 15.2 Å². The Labute approximate surface area is 127 Å². The maximum absolute atomic E-state index is 3.54. The Hall–Kier alpha value is -1.32. The van der Waals surface area contributed by atoms with Crippen molar-refractivity contribution >= 4 is 10.9 Å². The van der Waals surface area contributed by atoms with Crippen LogP contribution in [0.15, 0.2) is 24.3 Å². The lowest BCUT2D eigenvalue weighted by Crippen LogP contribution is -2.40. The van der Waals surface area contributed by atoms with Crippen LogP contribution in [-0.4, -0.2) is 36.1 Å². The summed E-state index contributed by atoms with van der Waals surface area (Å²) in [5.74, 6) is 0. The molecule has 2 heterocycles. The summed E-state index contributed by atoms with van der Waals surface area (Å²) in [5.41, 5.74) is 4.09. The third-order valence-corrected chi connectivity index (χ3v) is 4.86. The highest BCUT2D eigenvalue weighted by molar-refractivity contribution is 5.84. The molecule has 1 aliphatic heterocycles. The first-order valence-electron chi connectivity index (χ1n) is 8.24. The van der Waals surface area contributed by atoms with Crippen molar-refractivity contribution < 1.29 is 0 Å². The van der Waals surface area contributed by atoms with Crippen molar-refractivity contribution in [3.63, 3.8) is 0 Å². The van der Waals surface area contributed by atoms with Gasteiger partial charge in [0.05, 0.1) is 0 Å². The molecule has 1 aliphatic rings. The Morgan fingerprint density at radius 1 is 1.29 bits per heavy atom. The molecule has 0 bridgehead atoms. The molecular formula is C18H27N3. The molecule has 0 saturated carbocycles. The van der Waals surface area contributed by atoms with Crippen molar-refractivity contribution in [3.8, 4) is 0 Å². The summed E-state index contributed by atoms with van der Waals surface area (Å²) in [4.78, 5) is 6.23. The minimum absolute atomic E-state index is 0.735. The van der Waals surface area contributed by atoms with Gasteiger partial charge in [-0.2, -0.15) is 0 Å². The molecule has 2 aromatic rings. The normalized spacial score (nSPS) is 20.2. The van der Waals surface area contributed by atoms with Crippen LogP contribution in [0.5, 0.6) is 0 Å². The van der Waals surface area contributed by atoms with Gasteiger partial charge in [-0.15, -0.1) is 0 Å². The monoisotopic (exact) mass is 285 g/mol. The number of fused-ring (bicyclic) bond motifs is 1. The molecule has 1 atom stereocenters. The van der Waals surface area contributed by atoms with E-state index in [1.807, 2.05) is 0 Å². The lowest BCUT2D eigenvalue weighted by molar-refractivity contribution is 0.133. The van der Waals surface area contributed by atoms with Crippen molar-refractivity contribution in [3.05, 3.63) is 35.5 Å². The second kappa shape index (κ2) is 6.63. The van der Waals surface area contributed by atoms with Gasteiger partial charge in [-0.3, -0.25) is 4.90 Å². The zero-order chi connectivity index (χ0) is 14.7. The highest BCUT2D eigenvalue weighted by atomic mass is 15.2. The topological polar surface area (TPSA) is 31.1 Å². The maximum atomic E-state index is 3.54. The van der Waals surface area contributed by atoms with E-state index >= 15 is 0 Å². The van der Waals surface area contributed by atoms with Gasteiger partial charge < -0.3 is 10.3 Å². The van der Waals surface area contributed by atoms with Crippen LogP contribution in [0.3, 0.4) is 0 Å². The molecule has 1 unspecified atom stereocenters. The van der Waals surface area contributed by atoms with Gasteiger partial charge in [0.25, 0.3) is 0 Å². The fourth-order valence-corrected chi connectivity index (χ4v) is 3.65. The van der Waals surface area contributed by atoms with Gasteiger partial charge in [-0.05, 0) is 58.0 Å². The molecule has 1 fully saturated rings. The third-order valence-electron chi connectivity index (χ3n) is 4.86. The number of nitrogens with zero attached hydrogens (tertiary/aromatic N) is 1. The van der Waals surface area contributed by atoms with Crippen LogP contribution in [0.4, 0.5) is 0 Å². The van der Waals surface area contributed by atoms with Gasteiger partial charge in [-0.1, -0.05) is 24.6 Å². The second-order valence-electron chi connectivity index (χ2n) is 6.29. The molecule has 0 radical (unpaired) electrons. The summed E-state index contributed by atoms with van der Waals surface area (Å²) in [6.07, 6.45) is 5.34. The van der Waals surface area contributed by atoms with Crippen molar-refractivity contribution in [2.45, 2.75) is 45.2 Å². The number of rotatable bonds is 5. The molecular weight excluding hydrogens is 258 g/mol. The first-order chi connectivity index (χ1) is 10.3. The molecule has 1 aromatic carbocycles. The molecule has 0 aliphatic carbocycles. The number of aromatic amines is 1. The zero-order valence-corrected chi connectivity index (χ0v) is 13.3. The highest BCUT2D eigenvalue weighted by Gasteiger charge is 2.23. The number of para-hydroxylation sites is 1. The predicted molar refractivity (Wildman–Crippen MR) is 89.6 cm³/mol. The number of H-pyrrole nitrogens is 1. The van der Waals surface area contributed by atoms with Crippen LogP contribution in [-0.2, 0) is 6.54 Å². The number of aryl methyl sites for hydroxylation is 1. The van der Waals surface area contributed by atoms with E-state index in [9.17, 15) is 0 Å². The number of hydrogen-bond donors (Lipinski definition) is 2. The van der Waals surface area contributed by atoms with E-state index in [0.29, 0.717) is 0 Å². The molecule has 3 heteroatoms. The van der Waals surface area contributed by atoms with Crippen molar-refractivity contribution in [2.75, 3.05) is 20.1 Å². The fourth-order valence-electron chi connectivity index (χ4n) is 3.65. The van der Waals surface area contributed by atoms with E-state index in [1.165, 1.54) is 54.4 Å². The minimum Gasteiger partial charge on any atom is -0.358 e. The van der Waals surface area contributed by atoms with Gasteiger partial charge in [0, 0.05) is 29.2 Å². The largest absolute Gasteiger partial charge is 0.358 e. The number of piperidine rings is 1. The van der Waals surface area contributed by atoms with Crippen molar-refractivity contribution in [2.24, 2.45) is 0 Å². The molecule has 3 rings (SSSR count). The van der Waals surface area contributed by atoms with E-state index in [1.54, 1.807) is 0 Å². The van der Waals surface area contributed by atoms with Gasteiger partial charge in [0.2, 0.25) is 0 Å². The first-order valence-corrected chi connectivity index (χ1v) is 8.24. The molecule has 1 saturated heterocycles. The van der Waals surface area contributed by atoms with E-state index in [4.69, 9.17) is 0 Å². The quantitative estimate of drug-likeness (QED) is 0.881. The van der Waals surface area contributed by atoms with Gasteiger partial charge in [-0.25, -0.2) is 0 Å². The SMILES string of the molecule is CNCCC1CCCCN1Cc1c(C)[nH]c2ccccc12. The van der Waals surface area contributed by atoms with Crippen LogP contribution in [0.2, 0.25) is 0 Å². The Morgan fingerprint density at radius 2 is 2.14 bits per heavy atom. The fraction of sp³-hybridized carbons (Fsp3) is 0.556. The summed E-state index contributed by atoms with van der Waals surface area (Å²) < 4.78 is 0. The van der Waals surface area contributed by atoms with Crippen LogP contribution in [0, 0.1) is 6.92 Å². The first kappa shape index (κ1) is 14.6. The summed E-state index contributed by atoms with van der Waals surface area (Å²) >= 11 is 0. The average molecular weight is 285 g/mol. The smallest absolute Gasteiger partial charge is 0.0459 e. The lowest BCUT2D eigenvalue weighted by atomic mass is 9.98.